The molecule has 0 aliphatic carbocycles. The lowest BCUT2D eigenvalue weighted by molar-refractivity contribution is -0.123. The first kappa shape index (κ1) is 18.7. The smallest absolute Gasteiger partial charge is 0.277 e. The molecule has 0 spiro atoms. The Bertz CT molecular complexity index is 768. The van der Waals surface area contributed by atoms with Crippen LogP contribution in [0.2, 0.25) is 0 Å². The van der Waals surface area contributed by atoms with Gasteiger partial charge in [-0.3, -0.25) is 9.48 Å². The van der Waals surface area contributed by atoms with E-state index in [2.05, 4.69) is 36.4 Å². The van der Waals surface area contributed by atoms with Gasteiger partial charge in [0.15, 0.2) is 6.61 Å². The van der Waals surface area contributed by atoms with Gasteiger partial charge in [0.2, 0.25) is 0 Å². The van der Waals surface area contributed by atoms with Crippen LogP contribution in [0.5, 0.6) is 5.75 Å². The molecule has 134 valence electrons. The number of carbonyl (C=O) groups is 1. The molecule has 0 atom stereocenters. The third kappa shape index (κ3) is 4.92. The Kier molecular flexibility index (Phi) is 5.62. The second kappa shape index (κ2) is 7.51. The van der Waals surface area contributed by atoms with Gasteiger partial charge in [0.25, 0.3) is 5.91 Å². The SMILES string of the molecule is Cc1nn(C)c(C)c1/C=N/NC(=O)COc1ccc(C(C)(C)C)cc1. The van der Waals surface area contributed by atoms with E-state index in [0.29, 0.717) is 5.75 Å². The van der Waals surface area contributed by atoms with Gasteiger partial charge in [-0.05, 0) is 37.0 Å². The van der Waals surface area contributed by atoms with Crippen LogP contribution in [0, 0.1) is 13.8 Å². The summed E-state index contributed by atoms with van der Waals surface area (Å²) in [6.07, 6.45) is 1.60. The summed E-state index contributed by atoms with van der Waals surface area (Å²) in [4.78, 5) is 11.8. The minimum atomic E-state index is -0.310. The first-order chi connectivity index (χ1) is 11.7. The van der Waals surface area contributed by atoms with E-state index < -0.39 is 0 Å². The highest BCUT2D eigenvalue weighted by Crippen LogP contribution is 2.24. The van der Waals surface area contributed by atoms with Crippen molar-refractivity contribution < 1.29 is 9.53 Å². The Hall–Kier alpha value is -2.63. The second-order valence-electron chi connectivity index (χ2n) is 7.06. The summed E-state index contributed by atoms with van der Waals surface area (Å²) in [5.74, 6) is 0.349. The number of nitrogens with zero attached hydrogens (tertiary/aromatic N) is 3. The maximum Gasteiger partial charge on any atom is 0.277 e. The molecule has 1 aromatic heterocycles. The summed E-state index contributed by atoms with van der Waals surface area (Å²) < 4.78 is 7.27. The van der Waals surface area contributed by atoms with Crippen LogP contribution in [0.15, 0.2) is 29.4 Å². The molecular weight excluding hydrogens is 316 g/mol. The van der Waals surface area contributed by atoms with Crippen molar-refractivity contribution in [3.63, 3.8) is 0 Å². The van der Waals surface area contributed by atoms with Crippen LogP contribution in [0.4, 0.5) is 0 Å². The zero-order chi connectivity index (χ0) is 18.6. The molecule has 2 rings (SSSR count). The predicted molar refractivity (Wildman–Crippen MR) is 99.1 cm³/mol. The molecule has 0 fully saturated rings. The van der Waals surface area contributed by atoms with E-state index in [1.165, 1.54) is 5.56 Å². The minimum absolute atomic E-state index is 0.0861. The molecule has 1 aromatic carbocycles. The summed E-state index contributed by atoms with van der Waals surface area (Å²) in [6.45, 7) is 10.2. The molecule has 1 heterocycles. The van der Waals surface area contributed by atoms with E-state index in [1.807, 2.05) is 45.2 Å². The fraction of sp³-hybridized carbons (Fsp3) is 0.421. The third-order valence-corrected chi connectivity index (χ3v) is 4.04. The van der Waals surface area contributed by atoms with Gasteiger partial charge in [0.1, 0.15) is 5.75 Å². The maximum absolute atomic E-state index is 11.8. The molecular formula is C19H26N4O2. The van der Waals surface area contributed by atoms with E-state index in [9.17, 15) is 4.79 Å². The molecule has 0 aliphatic heterocycles. The van der Waals surface area contributed by atoms with E-state index >= 15 is 0 Å². The summed E-state index contributed by atoms with van der Waals surface area (Å²) in [6, 6.07) is 7.78. The second-order valence-corrected chi connectivity index (χ2v) is 7.06. The fourth-order valence-corrected chi connectivity index (χ4v) is 2.38. The molecule has 6 heteroatoms. The number of hydrogen-bond donors (Lipinski definition) is 1. The molecule has 0 bridgehead atoms. The van der Waals surface area contributed by atoms with Gasteiger partial charge in [-0.25, -0.2) is 5.43 Å². The third-order valence-electron chi connectivity index (χ3n) is 4.04. The lowest BCUT2D eigenvalue weighted by Gasteiger charge is -2.19. The van der Waals surface area contributed by atoms with Gasteiger partial charge in [0.05, 0.1) is 11.9 Å². The summed E-state index contributed by atoms with van der Waals surface area (Å²) in [7, 11) is 1.87. The lowest BCUT2D eigenvalue weighted by atomic mass is 9.87. The van der Waals surface area contributed by atoms with Crippen molar-refractivity contribution in [2.24, 2.45) is 12.1 Å². The van der Waals surface area contributed by atoms with Crippen molar-refractivity contribution in [2.45, 2.75) is 40.0 Å². The van der Waals surface area contributed by atoms with Crippen LogP contribution in [-0.4, -0.2) is 28.5 Å². The van der Waals surface area contributed by atoms with Gasteiger partial charge in [-0.15, -0.1) is 0 Å². The van der Waals surface area contributed by atoms with Crippen LogP contribution >= 0.6 is 0 Å². The number of hydrogen-bond acceptors (Lipinski definition) is 4. The Balaban J connectivity index is 1.85. The average molecular weight is 342 g/mol. The van der Waals surface area contributed by atoms with Crippen molar-refractivity contribution in [3.8, 4) is 5.75 Å². The Morgan fingerprint density at radius 3 is 2.44 bits per heavy atom. The first-order valence-corrected chi connectivity index (χ1v) is 8.24. The molecule has 0 saturated heterocycles. The number of nitrogens with one attached hydrogen (secondary N) is 1. The molecule has 0 unspecified atom stereocenters. The van der Waals surface area contributed by atoms with Crippen molar-refractivity contribution in [1.29, 1.82) is 0 Å². The molecule has 1 N–H and O–H groups in total. The number of hydrazone groups is 1. The molecule has 2 aromatic rings. The summed E-state index contributed by atoms with van der Waals surface area (Å²) >= 11 is 0. The highest BCUT2D eigenvalue weighted by Gasteiger charge is 2.13. The molecule has 6 nitrogen and oxygen atoms in total. The van der Waals surface area contributed by atoms with E-state index in [4.69, 9.17) is 4.74 Å². The van der Waals surface area contributed by atoms with Gasteiger partial charge in [-0.1, -0.05) is 32.9 Å². The van der Waals surface area contributed by atoms with E-state index in [-0.39, 0.29) is 17.9 Å². The molecule has 0 aliphatic rings. The molecule has 1 amide bonds. The zero-order valence-corrected chi connectivity index (χ0v) is 15.8. The van der Waals surface area contributed by atoms with E-state index in [0.717, 1.165) is 17.0 Å². The molecule has 0 saturated carbocycles. The number of amides is 1. The van der Waals surface area contributed by atoms with Gasteiger partial charge < -0.3 is 4.74 Å². The van der Waals surface area contributed by atoms with Crippen LogP contribution in [0.1, 0.15) is 43.3 Å². The minimum Gasteiger partial charge on any atom is -0.484 e. The Labute approximate surface area is 148 Å². The largest absolute Gasteiger partial charge is 0.484 e. The van der Waals surface area contributed by atoms with E-state index in [1.54, 1.807) is 10.9 Å². The predicted octanol–water partition coefficient (Wildman–Crippen LogP) is 2.86. The topological polar surface area (TPSA) is 68.5 Å². The van der Waals surface area contributed by atoms with Crippen LogP contribution in [0.25, 0.3) is 0 Å². The highest BCUT2D eigenvalue weighted by atomic mass is 16.5. The van der Waals surface area contributed by atoms with Crippen LogP contribution in [0.3, 0.4) is 0 Å². The van der Waals surface area contributed by atoms with Gasteiger partial charge >= 0.3 is 0 Å². The Morgan fingerprint density at radius 2 is 1.92 bits per heavy atom. The maximum atomic E-state index is 11.8. The number of benzene rings is 1. The van der Waals surface area contributed by atoms with Crippen molar-refractivity contribution in [2.75, 3.05) is 6.61 Å². The van der Waals surface area contributed by atoms with Gasteiger partial charge in [-0.2, -0.15) is 10.2 Å². The quantitative estimate of drug-likeness (QED) is 0.671. The van der Waals surface area contributed by atoms with Crippen molar-refractivity contribution >= 4 is 12.1 Å². The summed E-state index contributed by atoms with van der Waals surface area (Å²) in [5.41, 5.74) is 6.54. The highest BCUT2D eigenvalue weighted by molar-refractivity contribution is 5.84. The summed E-state index contributed by atoms with van der Waals surface area (Å²) in [5, 5.41) is 8.27. The lowest BCUT2D eigenvalue weighted by Crippen LogP contribution is -2.24. The Morgan fingerprint density at radius 1 is 1.28 bits per heavy atom. The number of aromatic nitrogens is 2. The number of aryl methyl sites for hydroxylation is 2. The first-order valence-electron chi connectivity index (χ1n) is 8.24. The molecule has 25 heavy (non-hydrogen) atoms. The van der Waals surface area contributed by atoms with Crippen LogP contribution < -0.4 is 10.2 Å². The normalized spacial score (nSPS) is 11.8. The monoisotopic (exact) mass is 342 g/mol. The fourth-order valence-electron chi connectivity index (χ4n) is 2.38. The number of ether oxygens (including phenoxy) is 1. The molecule has 0 radical (unpaired) electrons. The number of rotatable bonds is 5. The number of carbonyl (C=O) groups excluding carboxylic acids is 1. The average Bonchev–Trinajstić information content (AvgIpc) is 2.78. The van der Waals surface area contributed by atoms with Crippen molar-refractivity contribution in [3.05, 3.63) is 46.8 Å². The zero-order valence-electron chi connectivity index (χ0n) is 15.8. The van der Waals surface area contributed by atoms with Crippen molar-refractivity contribution in [1.82, 2.24) is 15.2 Å². The van der Waals surface area contributed by atoms with Gasteiger partial charge in [0, 0.05) is 18.3 Å². The van der Waals surface area contributed by atoms with Crippen LogP contribution in [-0.2, 0) is 17.3 Å². The standard InChI is InChI=1S/C19H26N4O2/c1-13-17(14(2)23(6)22-13)11-20-21-18(24)12-25-16-9-7-15(8-10-16)19(3,4)5/h7-11H,12H2,1-6H3,(H,21,24)/b20-11+.